The number of rotatable bonds is 3. The maximum absolute atomic E-state index is 12.5. The van der Waals surface area contributed by atoms with Gasteiger partial charge in [0.25, 0.3) is 5.91 Å². The van der Waals surface area contributed by atoms with Crippen molar-refractivity contribution in [3.63, 3.8) is 0 Å². The zero-order valence-corrected chi connectivity index (χ0v) is 14.0. The lowest BCUT2D eigenvalue weighted by molar-refractivity contribution is 0.0939. The van der Waals surface area contributed by atoms with E-state index < -0.39 is 0 Å². The number of amides is 1. The molecule has 1 aromatic rings. The normalized spacial score (nSPS) is 31.1. The number of halogens is 1. The molecular weight excluding hydrogens is 312 g/mol. The molecule has 4 saturated carbocycles. The number of nitrogens with zero attached hydrogens (tertiary/aromatic N) is 1. The zero-order chi connectivity index (χ0) is 16.0. The van der Waals surface area contributed by atoms with Crippen LogP contribution in [0.3, 0.4) is 0 Å². The van der Waals surface area contributed by atoms with Gasteiger partial charge in [-0.05, 0) is 74.0 Å². The maximum atomic E-state index is 12.5. The number of hydrazone groups is 1. The molecule has 0 atom stereocenters. The van der Waals surface area contributed by atoms with Gasteiger partial charge in [0.1, 0.15) is 5.75 Å². The van der Waals surface area contributed by atoms with Crippen LogP contribution in [0.5, 0.6) is 5.75 Å². The van der Waals surface area contributed by atoms with Crippen LogP contribution in [0.15, 0.2) is 23.3 Å². The van der Waals surface area contributed by atoms with E-state index in [1.807, 2.05) is 0 Å². The van der Waals surface area contributed by atoms with E-state index >= 15 is 0 Å². The molecule has 4 bridgehead atoms. The summed E-state index contributed by atoms with van der Waals surface area (Å²) in [4.78, 5) is 12.5. The largest absolute Gasteiger partial charge is 0.496 e. The predicted octanol–water partition coefficient (Wildman–Crippen LogP) is 3.89. The third-order valence-electron chi connectivity index (χ3n) is 5.67. The van der Waals surface area contributed by atoms with E-state index in [9.17, 15) is 4.79 Å². The van der Waals surface area contributed by atoms with Crippen molar-refractivity contribution in [2.24, 2.45) is 28.8 Å². The van der Waals surface area contributed by atoms with Gasteiger partial charge in [-0.2, -0.15) is 5.10 Å². The first-order valence-electron chi connectivity index (χ1n) is 8.35. The average Bonchev–Trinajstić information content (AvgIpc) is 2.53. The number of benzene rings is 1. The fourth-order valence-corrected chi connectivity index (χ4v) is 5.05. The highest BCUT2D eigenvalue weighted by Crippen LogP contribution is 2.52. The average molecular weight is 333 g/mol. The number of nitrogens with one attached hydrogen (secondary N) is 1. The van der Waals surface area contributed by atoms with Crippen LogP contribution in [0, 0.1) is 23.7 Å². The van der Waals surface area contributed by atoms with E-state index in [2.05, 4.69) is 10.5 Å². The fraction of sp³-hybridized carbons (Fsp3) is 0.556. The molecule has 0 aliphatic heterocycles. The Hall–Kier alpha value is -1.55. The van der Waals surface area contributed by atoms with Gasteiger partial charge >= 0.3 is 0 Å². The number of hydrogen-bond acceptors (Lipinski definition) is 3. The molecule has 5 rings (SSSR count). The van der Waals surface area contributed by atoms with Gasteiger partial charge in [0.05, 0.1) is 12.7 Å². The van der Waals surface area contributed by atoms with Crippen molar-refractivity contribution in [3.8, 4) is 5.75 Å². The first-order valence-corrected chi connectivity index (χ1v) is 8.73. The van der Waals surface area contributed by atoms with Gasteiger partial charge in [0.2, 0.25) is 0 Å². The van der Waals surface area contributed by atoms with Gasteiger partial charge in [-0.15, -0.1) is 0 Å². The van der Waals surface area contributed by atoms with Crippen LogP contribution in [-0.4, -0.2) is 18.7 Å². The van der Waals surface area contributed by atoms with Gasteiger partial charge < -0.3 is 4.74 Å². The second-order valence-corrected chi connectivity index (χ2v) is 7.56. The molecule has 1 amide bonds. The lowest BCUT2D eigenvalue weighted by atomic mass is 9.55. The first kappa shape index (κ1) is 15.0. The Labute approximate surface area is 141 Å². The summed E-state index contributed by atoms with van der Waals surface area (Å²) in [5.41, 5.74) is 4.38. The third-order valence-corrected chi connectivity index (χ3v) is 5.90. The highest BCUT2D eigenvalue weighted by molar-refractivity contribution is 6.31. The summed E-state index contributed by atoms with van der Waals surface area (Å²) in [5, 5.41) is 5.03. The summed E-state index contributed by atoms with van der Waals surface area (Å²) < 4.78 is 5.24. The monoisotopic (exact) mass is 332 g/mol. The summed E-state index contributed by atoms with van der Waals surface area (Å²) in [6, 6.07) is 5.03. The fourth-order valence-electron chi connectivity index (χ4n) is 4.88. The summed E-state index contributed by atoms with van der Waals surface area (Å²) in [7, 11) is 1.55. The number of carbonyl (C=O) groups is 1. The van der Waals surface area contributed by atoms with Crippen molar-refractivity contribution >= 4 is 23.2 Å². The van der Waals surface area contributed by atoms with E-state index in [4.69, 9.17) is 16.3 Å². The molecule has 4 nitrogen and oxygen atoms in total. The Balaban J connectivity index is 1.52. The molecule has 5 heteroatoms. The molecule has 0 spiro atoms. The molecule has 4 aliphatic rings. The lowest BCUT2D eigenvalue weighted by Crippen LogP contribution is -2.46. The smallest absolute Gasteiger partial charge is 0.275 e. The predicted molar refractivity (Wildman–Crippen MR) is 90.0 cm³/mol. The summed E-state index contributed by atoms with van der Waals surface area (Å²) in [5.74, 6) is 3.18. The summed E-state index contributed by atoms with van der Waals surface area (Å²) in [6.45, 7) is 0. The van der Waals surface area contributed by atoms with Crippen LogP contribution in [0.2, 0.25) is 5.02 Å². The van der Waals surface area contributed by atoms with E-state index in [0.29, 0.717) is 28.2 Å². The minimum atomic E-state index is -0.259. The van der Waals surface area contributed by atoms with E-state index in [-0.39, 0.29) is 5.91 Å². The van der Waals surface area contributed by atoms with E-state index in [1.54, 1.807) is 25.3 Å². The Bertz CT molecular complexity index is 641. The number of methoxy groups -OCH3 is 1. The number of hydrogen-bond donors (Lipinski definition) is 1. The quantitative estimate of drug-likeness (QED) is 0.854. The standard InChI is InChI=1S/C18H21ClN2O2/c1-23-16-3-2-14(19)9-15(16)18(22)21-20-17-12-5-10-4-11(7-12)8-13(17)6-10/h2-3,9-13H,4-8H2,1H3,(H,21,22). The Kier molecular flexibility index (Phi) is 3.80. The Morgan fingerprint density at radius 1 is 1.17 bits per heavy atom. The van der Waals surface area contributed by atoms with Gasteiger partial charge in [-0.25, -0.2) is 5.43 Å². The molecular formula is C18H21ClN2O2. The van der Waals surface area contributed by atoms with Crippen LogP contribution in [-0.2, 0) is 0 Å². The SMILES string of the molecule is COc1ccc(Cl)cc1C(=O)NN=C1C2CC3CC(C2)CC1C3. The van der Waals surface area contributed by atoms with Gasteiger partial charge in [0, 0.05) is 10.7 Å². The highest BCUT2D eigenvalue weighted by Gasteiger charge is 2.46. The Morgan fingerprint density at radius 2 is 1.83 bits per heavy atom. The minimum Gasteiger partial charge on any atom is -0.496 e. The van der Waals surface area contributed by atoms with Crippen LogP contribution in [0.25, 0.3) is 0 Å². The Morgan fingerprint density at radius 3 is 2.43 bits per heavy atom. The molecule has 1 aromatic carbocycles. The van der Waals surface area contributed by atoms with Crippen LogP contribution < -0.4 is 10.2 Å². The molecule has 4 fully saturated rings. The van der Waals surface area contributed by atoms with Crippen LogP contribution in [0.4, 0.5) is 0 Å². The number of carbonyl (C=O) groups excluding carboxylic acids is 1. The van der Waals surface area contributed by atoms with Crippen molar-refractivity contribution in [2.75, 3.05) is 7.11 Å². The lowest BCUT2D eigenvalue weighted by Gasteiger charge is -2.50. The molecule has 122 valence electrons. The summed E-state index contributed by atoms with van der Waals surface area (Å²) >= 11 is 5.99. The first-order chi connectivity index (χ1) is 11.1. The minimum absolute atomic E-state index is 0.259. The molecule has 0 unspecified atom stereocenters. The van der Waals surface area contributed by atoms with Crippen LogP contribution >= 0.6 is 11.6 Å². The molecule has 1 N–H and O–H groups in total. The molecule has 0 aromatic heterocycles. The van der Waals surface area contributed by atoms with Crippen molar-refractivity contribution in [3.05, 3.63) is 28.8 Å². The molecule has 0 heterocycles. The molecule has 23 heavy (non-hydrogen) atoms. The third kappa shape index (κ3) is 2.74. The van der Waals surface area contributed by atoms with Crippen molar-refractivity contribution < 1.29 is 9.53 Å². The van der Waals surface area contributed by atoms with Crippen molar-refractivity contribution in [2.45, 2.75) is 32.1 Å². The van der Waals surface area contributed by atoms with Crippen molar-refractivity contribution in [1.29, 1.82) is 0 Å². The molecule has 0 saturated heterocycles. The van der Waals surface area contributed by atoms with E-state index in [0.717, 1.165) is 11.8 Å². The molecule has 4 aliphatic carbocycles. The second-order valence-electron chi connectivity index (χ2n) is 7.13. The topological polar surface area (TPSA) is 50.7 Å². The zero-order valence-electron chi connectivity index (χ0n) is 13.2. The molecule has 0 radical (unpaired) electrons. The maximum Gasteiger partial charge on any atom is 0.275 e. The van der Waals surface area contributed by atoms with Crippen LogP contribution in [0.1, 0.15) is 42.5 Å². The van der Waals surface area contributed by atoms with Gasteiger partial charge in [-0.1, -0.05) is 11.6 Å². The van der Waals surface area contributed by atoms with Gasteiger partial charge in [0.15, 0.2) is 0 Å². The highest BCUT2D eigenvalue weighted by atomic mass is 35.5. The van der Waals surface area contributed by atoms with Gasteiger partial charge in [-0.3, -0.25) is 4.79 Å². The second kappa shape index (κ2) is 5.82. The van der Waals surface area contributed by atoms with E-state index in [1.165, 1.54) is 37.8 Å². The number of ether oxygens (including phenoxy) is 1. The van der Waals surface area contributed by atoms with Crippen molar-refractivity contribution in [1.82, 2.24) is 5.43 Å². The summed E-state index contributed by atoms with van der Waals surface area (Å²) in [6.07, 6.45) is 6.42.